The quantitative estimate of drug-likeness (QED) is 0.774. The second-order valence-corrected chi connectivity index (χ2v) is 4.95. The summed E-state index contributed by atoms with van der Waals surface area (Å²) in [6.07, 6.45) is 4.96. The molecule has 5 heteroatoms. The first-order valence-electron chi connectivity index (χ1n) is 6.81. The number of nitrogens with one attached hydrogen (secondary N) is 1. The van der Waals surface area contributed by atoms with E-state index < -0.39 is 5.97 Å². The van der Waals surface area contributed by atoms with Crippen LogP contribution in [0, 0.1) is 6.92 Å². The first-order valence-corrected chi connectivity index (χ1v) is 6.81. The number of ether oxygens (including phenoxy) is 1. The number of hydrogen-bond acceptors (Lipinski definition) is 4. The summed E-state index contributed by atoms with van der Waals surface area (Å²) in [5.41, 5.74) is 0.905. The molecule has 2 N–H and O–H groups in total. The number of aromatic carboxylic acids is 1. The Bertz CT molecular complexity index is 421. The smallest absolute Gasteiger partial charge is 0.371 e. The summed E-state index contributed by atoms with van der Waals surface area (Å²) >= 11 is 0. The highest BCUT2D eigenvalue weighted by molar-refractivity contribution is 5.84. The van der Waals surface area contributed by atoms with Crippen LogP contribution in [0.15, 0.2) is 10.5 Å². The molecular formula is C14H21NO4. The van der Waals surface area contributed by atoms with E-state index in [1.54, 1.807) is 13.0 Å². The van der Waals surface area contributed by atoms with E-state index in [1.807, 2.05) is 0 Å². The van der Waals surface area contributed by atoms with E-state index >= 15 is 0 Å². The number of aryl methyl sites for hydroxylation is 1. The maximum Gasteiger partial charge on any atom is 0.371 e. The second kappa shape index (κ2) is 6.73. The maximum absolute atomic E-state index is 10.8. The predicted octanol–water partition coefficient (Wildman–Crippen LogP) is 2.34. The molecule has 1 aliphatic heterocycles. The largest absolute Gasteiger partial charge is 0.475 e. The minimum absolute atomic E-state index is 0.00455. The molecule has 0 saturated carbocycles. The molecule has 1 fully saturated rings. The summed E-state index contributed by atoms with van der Waals surface area (Å²) in [6, 6.07) is 1.59. The van der Waals surface area contributed by atoms with Crippen molar-refractivity contribution >= 4 is 5.97 Å². The minimum atomic E-state index is -1.02. The fourth-order valence-electron chi connectivity index (χ4n) is 2.32. The molecule has 1 aromatic rings. The molecule has 1 aliphatic rings. The normalized spacial score (nSPS) is 19.5. The van der Waals surface area contributed by atoms with Crippen LogP contribution in [0.25, 0.3) is 0 Å². The first kappa shape index (κ1) is 14.1. The molecule has 0 aliphatic carbocycles. The van der Waals surface area contributed by atoms with Gasteiger partial charge in [0.25, 0.3) is 0 Å². The number of carboxylic acid groups (broad SMARTS) is 1. The van der Waals surface area contributed by atoms with Crippen LogP contribution >= 0.6 is 0 Å². The molecule has 0 amide bonds. The molecule has 1 aromatic heterocycles. The average Bonchev–Trinajstić information content (AvgIpc) is 2.78. The lowest BCUT2D eigenvalue weighted by atomic mass is 10.1. The third-order valence-electron chi connectivity index (χ3n) is 3.46. The molecule has 19 heavy (non-hydrogen) atoms. The molecule has 1 unspecified atom stereocenters. The third kappa shape index (κ3) is 4.08. The van der Waals surface area contributed by atoms with Gasteiger partial charge in [-0.15, -0.1) is 0 Å². The molecule has 1 saturated heterocycles. The zero-order chi connectivity index (χ0) is 13.7. The topological polar surface area (TPSA) is 71.7 Å². The van der Waals surface area contributed by atoms with E-state index in [0.717, 1.165) is 31.6 Å². The van der Waals surface area contributed by atoms with Gasteiger partial charge in [-0.3, -0.25) is 0 Å². The van der Waals surface area contributed by atoms with Crippen LogP contribution in [0.1, 0.15) is 47.6 Å². The highest BCUT2D eigenvalue weighted by Crippen LogP contribution is 2.16. The zero-order valence-electron chi connectivity index (χ0n) is 11.3. The highest BCUT2D eigenvalue weighted by atomic mass is 16.5. The maximum atomic E-state index is 10.8. The Morgan fingerprint density at radius 2 is 2.37 bits per heavy atom. The molecule has 2 rings (SSSR count). The Morgan fingerprint density at radius 1 is 1.53 bits per heavy atom. The van der Waals surface area contributed by atoms with Gasteiger partial charge in [0.2, 0.25) is 5.76 Å². The van der Waals surface area contributed by atoms with Gasteiger partial charge >= 0.3 is 5.97 Å². The van der Waals surface area contributed by atoms with E-state index in [-0.39, 0.29) is 5.76 Å². The van der Waals surface area contributed by atoms with Gasteiger partial charge in [0.05, 0.1) is 6.10 Å². The molecule has 0 aromatic carbocycles. The van der Waals surface area contributed by atoms with Crippen molar-refractivity contribution in [1.82, 2.24) is 5.32 Å². The fraction of sp³-hybridized carbons (Fsp3) is 0.643. The Labute approximate surface area is 112 Å². The van der Waals surface area contributed by atoms with Crippen molar-refractivity contribution in [2.45, 2.75) is 45.3 Å². The van der Waals surface area contributed by atoms with Gasteiger partial charge in [-0.25, -0.2) is 4.79 Å². The van der Waals surface area contributed by atoms with Crippen molar-refractivity contribution in [2.24, 2.45) is 0 Å². The van der Waals surface area contributed by atoms with E-state index in [0.29, 0.717) is 18.4 Å². The molecule has 5 nitrogen and oxygen atoms in total. The Morgan fingerprint density at radius 3 is 3.00 bits per heavy atom. The fourth-order valence-corrected chi connectivity index (χ4v) is 2.32. The average molecular weight is 267 g/mol. The van der Waals surface area contributed by atoms with Crippen molar-refractivity contribution in [2.75, 3.05) is 13.2 Å². The molecule has 0 bridgehead atoms. The van der Waals surface area contributed by atoms with Crippen molar-refractivity contribution < 1.29 is 19.1 Å². The summed E-state index contributed by atoms with van der Waals surface area (Å²) in [5, 5.41) is 12.1. The van der Waals surface area contributed by atoms with Crippen molar-refractivity contribution in [3.05, 3.63) is 23.2 Å². The van der Waals surface area contributed by atoms with Gasteiger partial charge in [0.1, 0.15) is 5.76 Å². The minimum Gasteiger partial charge on any atom is -0.475 e. The summed E-state index contributed by atoms with van der Waals surface area (Å²) in [6.45, 7) is 4.17. The highest BCUT2D eigenvalue weighted by Gasteiger charge is 2.14. The molecule has 0 spiro atoms. The van der Waals surface area contributed by atoms with E-state index in [1.165, 1.54) is 12.8 Å². The number of carbonyl (C=O) groups is 1. The number of carboxylic acids is 1. The Kier molecular flexibility index (Phi) is 4.99. The van der Waals surface area contributed by atoms with Gasteiger partial charge in [-0.1, -0.05) is 0 Å². The van der Waals surface area contributed by atoms with Crippen LogP contribution in [-0.2, 0) is 11.3 Å². The second-order valence-electron chi connectivity index (χ2n) is 4.95. The van der Waals surface area contributed by atoms with Crippen molar-refractivity contribution in [3.8, 4) is 0 Å². The van der Waals surface area contributed by atoms with Gasteiger partial charge < -0.3 is 19.6 Å². The summed E-state index contributed by atoms with van der Waals surface area (Å²) in [5.74, 6) is -0.353. The summed E-state index contributed by atoms with van der Waals surface area (Å²) in [4.78, 5) is 10.8. The third-order valence-corrected chi connectivity index (χ3v) is 3.46. The molecule has 106 valence electrons. The number of furan rings is 1. The van der Waals surface area contributed by atoms with Gasteiger partial charge in [-0.05, 0) is 45.2 Å². The predicted molar refractivity (Wildman–Crippen MR) is 70.3 cm³/mol. The van der Waals surface area contributed by atoms with Crippen LogP contribution in [0.4, 0.5) is 0 Å². The lowest BCUT2D eigenvalue weighted by Gasteiger charge is -2.22. The van der Waals surface area contributed by atoms with Crippen LogP contribution in [0.5, 0.6) is 0 Å². The zero-order valence-corrected chi connectivity index (χ0v) is 11.3. The van der Waals surface area contributed by atoms with Crippen molar-refractivity contribution in [1.29, 1.82) is 0 Å². The lowest BCUT2D eigenvalue weighted by Crippen LogP contribution is -2.25. The van der Waals surface area contributed by atoms with Gasteiger partial charge in [0.15, 0.2) is 0 Å². The summed E-state index contributed by atoms with van der Waals surface area (Å²) < 4.78 is 10.8. The van der Waals surface area contributed by atoms with Crippen LogP contribution in [-0.4, -0.2) is 30.3 Å². The monoisotopic (exact) mass is 267 g/mol. The molecule has 2 heterocycles. The van der Waals surface area contributed by atoms with E-state index in [4.69, 9.17) is 14.3 Å². The Hall–Kier alpha value is -1.33. The molecular weight excluding hydrogens is 246 g/mol. The van der Waals surface area contributed by atoms with Gasteiger partial charge in [0, 0.05) is 18.7 Å². The van der Waals surface area contributed by atoms with E-state index in [9.17, 15) is 4.79 Å². The number of rotatable bonds is 6. The first-order chi connectivity index (χ1) is 9.16. The molecule has 0 radical (unpaired) electrons. The Balaban J connectivity index is 1.71. The summed E-state index contributed by atoms with van der Waals surface area (Å²) in [7, 11) is 0. The van der Waals surface area contributed by atoms with Gasteiger partial charge in [-0.2, -0.15) is 0 Å². The molecule has 1 atom stereocenters. The van der Waals surface area contributed by atoms with Crippen LogP contribution < -0.4 is 5.32 Å². The van der Waals surface area contributed by atoms with Crippen LogP contribution in [0.3, 0.4) is 0 Å². The van der Waals surface area contributed by atoms with Crippen LogP contribution in [0.2, 0.25) is 0 Å². The van der Waals surface area contributed by atoms with E-state index in [2.05, 4.69) is 5.32 Å². The lowest BCUT2D eigenvalue weighted by molar-refractivity contribution is 0.0115. The standard InChI is InChI=1S/C14H21NO4/c1-10-11(8-13(19-10)14(16)17)9-15-6-5-12-4-2-3-7-18-12/h8,12,15H,2-7,9H2,1H3,(H,16,17). The number of hydrogen-bond donors (Lipinski definition) is 2. The van der Waals surface area contributed by atoms with Crippen molar-refractivity contribution in [3.63, 3.8) is 0 Å². The SMILES string of the molecule is Cc1oc(C(=O)O)cc1CNCCC1CCCCO1.